The number of carbonyl (C=O) groups is 2. The van der Waals surface area contributed by atoms with Crippen LogP contribution in [0.3, 0.4) is 0 Å². The Kier molecular flexibility index (Phi) is 2.66. The molecule has 0 amide bonds. The molecule has 19 heavy (non-hydrogen) atoms. The summed E-state index contributed by atoms with van der Waals surface area (Å²) in [6, 6.07) is 0. The fourth-order valence-electron chi connectivity index (χ4n) is 4.17. The maximum Gasteiger partial charge on any atom is 0.336 e. The first-order valence-corrected chi connectivity index (χ1v) is 6.71. The summed E-state index contributed by atoms with van der Waals surface area (Å²) in [7, 11) is 0. The molecule has 1 saturated carbocycles. The van der Waals surface area contributed by atoms with Crippen molar-refractivity contribution in [1.29, 1.82) is 0 Å². The molecule has 0 aromatic rings. The summed E-state index contributed by atoms with van der Waals surface area (Å²) in [4.78, 5) is 23.4. The van der Waals surface area contributed by atoms with Crippen molar-refractivity contribution in [1.82, 2.24) is 0 Å². The summed E-state index contributed by atoms with van der Waals surface area (Å²) in [6.45, 7) is 0.870. The maximum absolute atomic E-state index is 11.9. The molecule has 0 unspecified atom stereocenters. The first-order chi connectivity index (χ1) is 8.97. The van der Waals surface area contributed by atoms with Gasteiger partial charge in [-0.3, -0.25) is 4.79 Å². The number of carboxylic acids is 2. The van der Waals surface area contributed by atoms with Gasteiger partial charge < -0.3 is 19.7 Å². The van der Waals surface area contributed by atoms with Crippen molar-refractivity contribution in [2.45, 2.75) is 49.7 Å². The van der Waals surface area contributed by atoms with Gasteiger partial charge in [-0.05, 0) is 19.3 Å². The van der Waals surface area contributed by atoms with Crippen molar-refractivity contribution < 1.29 is 29.3 Å². The Morgan fingerprint density at radius 2 is 1.63 bits per heavy atom. The second-order valence-corrected chi connectivity index (χ2v) is 5.93. The number of aliphatic carboxylic acids is 2. The lowest BCUT2D eigenvalue weighted by Gasteiger charge is -2.43. The van der Waals surface area contributed by atoms with Gasteiger partial charge in [-0.15, -0.1) is 0 Å². The number of rotatable bonds is 2. The normalized spacial score (nSPS) is 40.2. The molecular weight excluding hydrogens is 252 g/mol. The summed E-state index contributed by atoms with van der Waals surface area (Å²) in [5.74, 6) is -1.95. The minimum absolute atomic E-state index is 0.0880. The fourth-order valence-corrected chi connectivity index (χ4v) is 4.17. The standard InChI is InChI=1S/C13H18O6/c14-9(15)11-2-1-3-12(8-11,10(16)17)19-13(11)4-6-18-7-5-13/h1-8H2,(H,14,15)(H,16,17)/t11-,12+/m1/s1. The van der Waals surface area contributed by atoms with E-state index >= 15 is 0 Å². The van der Waals surface area contributed by atoms with Crippen molar-refractivity contribution in [3.05, 3.63) is 0 Å². The highest BCUT2D eigenvalue weighted by Crippen LogP contribution is 2.62. The van der Waals surface area contributed by atoms with Crippen LogP contribution in [-0.4, -0.2) is 46.6 Å². The molecule has 6 heteroatoms. The molecule has 6 nitrogen and oxygen atoms in total. The molecule has 2 N–H and O–H groups in total. The summed E-state index contributed by atoms with van der Waals surface area (Å²) in [5, 5.41) is 19.2. The van der Waals surface area contributed by atoms with Gasteiger partial charge in [0.1, 0.15) is 5.41 Å². The van der Waals surface area contributed by atoms with E-state index in [1.165, 1.54) is 0 Å². The molecule has 0 radical (unpaired) electrons. The summed E-state index contributed by atoms with van der Waals surface area (Å²) in [5.41, 5.74) is -3.24. The zero-order chi connectivity index (χ0) is 13.7. The van der Waals surface area contributed by atoms with Gasteiger partial charge >= 0.3 is 11.9 Å². The van der Waals surface area contributed by atoms with Crippen molar-refractivity contribution in [2.75, 3.05) is 13.2 Å². The zero-order valence-electron chi connectivity index (χ0n) is 10.7. The van der Waals surface area contributed by atoms with Gasteiger partial charge in [-0.25, -0.2) is 4.79 Å². The lowest BCUT2D eigenvalue weighted by atomic mass is 9.60. The van der Waals surface area contributed by atoms with Gasteiger partial charge in [0.2, 0.25) is 0 Å². The van der Waals surface area contributed by atoms with E-state index in [9.17, 15) is 19.8 Å². The van der Waals surface area contributed by atoms with Gasteiger partial charge in [-0.2, -0.15) is 0 Å². The second kappa shape index (κ2) is 3.93. The topological polar surface area (TPSA) is 93.1 Å². The smallest absolute Gasteiger partial charge is 0.336 e. The quantitative estimate of drug-likeness (QED) is 0.778. The molecule has 2 bridgehead atoms. The molecule has 2 heterocycles. The summed E-state index contributed by atoms with van der Waals surface area (Å²) < 4.78 is 11.3. The molecule has 2 atom stereocenters. The van der Waals surface area contributed by atoms with Crippen LogP contribution in [0.5, 0.6) is 0 Å². The first-order valence-electron chi connectivity index (χ1n) is 6.71. The third-order valence-corrected chi connectivity index (χ3v) is 5.13. The van der Waals surface area contributed by atoms with Crippen molar-refractivity contribution >= 4 is 11.9 Å². The summed E-state index contributed by atoms with van der Waals surface area (Å²) in [6.07, 6.45) is 2.51. The van der Waals surface area contributed by atoms with E-state index in [0.717, 1.165) is 0 Å². The Morgan fingerprint density at radius 1 is 0.947 bits per heavy atom. The van der Waals surface area contributed by atoms with Gasteiger partial charge in [0.15, 0.2) is 5.60 Å². The van der Waals surface area contributed by atoms with Gasteiger partial charge in [-0.1, -0.05) is 0 Å². The highest BCUT2D eigenvalue weighted by Gasteiger charge is 2.72. The van der Waals surface area contributed by atoms with E-state index in [1.54, 1.807) is 0 Å². The van der Waals surface area contributed by atoms with Crippen LogP contribution in [0.15, 0.2) is 0 Å². The Hall–Kier alpha value is -1.14. The first kappa shape index (κ1) is 12.9. The number of hydrogen-bond donors (Lipinski definition) is 2. The van der Waals surface area contributed by atoms with Crippen LogP contribution in [-0.2, 0) is 19.1 Å². The van der Waals surface area contributed by atoms with E-state index in [4.69, 9.17) is 9.47 Å². The largest absolute Gasteiger partial charge is 0.481 e. The van der Waals surface area contributed by atoms with Crippen LogP contribution in [0.25, 0.3) is 0 Å². The monoisotopic (exact) mass is 270 g/mol. The van der Waals surface area contributed by atoms with Crippen LogP contribution in [0.2, 0.25) is 0 Å². The van der Waals surface area contributed by atoms with E-state index in [0.29, 0.717) is 45.3 Å². The highest BCUT2D eigenvalue weighted by molar-refractivity contribution is 5.84. The third-order valence-electron chi connectivity index (χ3n) is 5.13. The van der Waals surface area contributed by atoms with Crippen molar-refractivity contribution in [3.63, 3.8) is 0 Å². The van der Waals surface area contributed by atoms with E-state index < -0.39 is 28.6 Å². The van der Waals surface area contributed by atoms with Gasteiger partial charge in [0.05, 0.1) is 5.60 Å². The predicted octanol–water partition coefficient (Wildman–Crippen LogP) is 1.03. The number of hydrogen-bond acceptors (Lipinski definition) is 4. The van der Waals surface area contributed by atoms with E-state index in [1.807, 2.05) is 0 Å². The number of carboxylic acid groups (broad SMARTS) is 2. The van der Waals surface area contributed by atoms with E-state index in [-0.39, 0.29) is 6.42 Å². The SMILES string of the molecule is O=C(O)[C@]12CCC[C@](C(=O)O)(C1)C1(CCOCC1)O2. The molecule has 3 fully saturated rings. The van der Waals surface area contributed by atoms with Crippen LogP contribution in [0, 0.1) is 5.41 Å². The van der Waals surface area contributed by atoms with Gasteiger partial charge in [0.25, 0.3) is 0 Å². The number of ether oxygens (including phenoxy) is 2. The van der Waals surface area contributed by atoms with Crippen molar-refractivity contribution in [3.8, 4) is 0 Å². The average molecular weight is 270 g/mol. The minimum Gasteiger partial charge on any atom is -0.481 e. The van der Waals surface area contributed by atoms with Crippen molar-refractivity contribution in [2.24, 2.45) is 5.41 Å². The highest BCUT2D eigenvalue weighted by atomic mass is 16.6. The summed E-state index contributed by atoms with van der Waals surface area (Å²) >= 11 is 0. The molecule has 0 aromatic heterocycles. The lowest BCUT2D eigenvalue weighted by molar-refractivity contribution is -0.194. The molecule has 1 spiro atoms. The Bertz CT molecular complexity index is 427. The van der Waals surface area contributed by atoms with Gasteiger partial charge in [0, 0.05) is 32.5 Å². The molecule has 0 aromatic carbocycles. The van der Waals surface area contributed by atoms with Crippen LogP contribution in [0.4, 0.5) is 0 Å². The number of fused-ring (bicyclic) bond motifs is 3. The molecule has 2 aliphatic heterocycles. The Morgan fingerprint density at radius 3 is 2.21 bits per heavy atom. The van der Waals surface area contributed by atoms with Crippen LogP contribution < -0.4 is 0 Å². The van der Waals surface area contributed by atoms with Crippen LogP contribution in [0.1, 0.15) is 38.5 Å². The molecule has 3 rings (SSSR count). The average Bonchev–Trinajstić information content (AvgIpc) is 2.57. The molecule has 2 saturated heterocycles. The van der Waals surface area contributed by atoms with Crippen LogP contribution >= 0.6 is 0 Å². The third kappa shape index (κ3) is 1.50. The predicted molar refractivity (Wildman–Crippen MR) is 62.8 cm³/mol. The maximum atomic E-state index is 11.9. The molecule has 3 aliphatic rings. The molecule has 1 aliphatic carbocycles. The molecular formula is C13H18O6. The lowest BCUT2D eigenvalue weighted by Crippen LogP contribution is -2.53. The second-order valence-electron chi connectivity index (χ2n) is 5.93. The van der Waals surface area contributed by atoms with E-state index in [2.05, 4.69) is 0 Å². The minimum atomic E-state index is -1.31. The fraction of sp³-hybridized carbons (Fsp3) is 0.846. The molecule has 106 valence electrons. The Balaban J connectivity index is 2.08. The Labute approximate surface area is 110 Å². The zero-order valence-corrected chi connectivity index (χ0v) is 10.7.